The molecule has 2 aromatic carbocycles. The van der Waals surface area contributed by atoms with Crippen LogP contribution in [0.15, 0.2) is 54.6 Å². The highest BCUT2D eigenvalue weighted by atomic mass is 19.4. The lowest BCUT2D eigenvalue weighted by Gasteiger charge is -2.31. The molecule has 0 unspecified atom stereocenters. The van der Waals surface area contributed by atoms with Gasteiger partial charge in [0.25, 0.3) is 5.91 Å². The van der Waals surface area contributed by atoms with Crippen molar-refractivity contribution in [3.8, 4) is 0 Å². The standard InChI is InChI=1S/C21H21F3N2O3/c22-21(23,24)17-8-6-16(7-9-17)19(27)25-18-10-12-26(13-11-18)20(28)29-14-15-4-2-1-3-5-15/h1-9,18H,10-14H2,(H,25,27). The molecule has 1 saturated heterocycles. The summed E-state index contributed by atoms with van der Waals surface area (Å²) in [6, 6.07) is 13.3. The fourth-order valence-corrected chi connectivity index (χ4v) is 3.10. The molecule has 0 spiro atoms. The molecule has 1 N–H and O–H groups in total. The molecule has 1 heterocycles. The zero-order chi connectivity index (χ0) is 20.9. The minimum absolute atomic E-state index is 0.150. The van der Waals surface area contributed by atoms with Gasteiger partial charge in [0.15, 0.2) is 0 Å². The monoisotopic (exact) mass is 406 g/mol. The van der Waals surface area contributed by atoms with Gasteiger partial charge in [0.05, 0.1) is 5.56 Å². The number of rotatable bonds is 4. The fourth-order valence-electron chi connectivity index (χ4n) is 3.10. The number of halogens is 3. The maximum Gasteiger partial charge on any atom is 0.416 e. The second kappa shape index (κ2) is 8.98. The Morgan fingerprint density at radius 1 is 1.00 bits per heavy atom. The third-order valence-corrected chi connectivity index (χ3v) is 4.77. The molecule has 1 aliphatic rings. The summed E-state index contributed by atoms with van der Waals surface area (Å²) in [4.78, 5) is 26.0. The number of carbonyl (C=O) groups excluding carboxylic acids is 2. The Labute approximate surface area is 166 Å². The van der Waals surface area contributed by atoms with Gasteiger partial charge in [-0.2, -0.15) is 13.2 Å². The first-order valence-electron chi connectivity index (χ1n) is 9.26. The SMILES string of the molecule is O=C(NC1CCN(C(=O)OCc2ccccc2)CC1)c1ccc(C(F)(F)F)cc1. The summed E-state index contributed by atoms with van der Waals surface area (Å²) in [5.74, 6) is -0.427. The van der Waals surface area contributed by atoms with Crippen LogP contribution in [0.2, 0.25) is 0 Å². The van der Waals surface area contributed by atoms with E-state index in [0.29, 0.717) is 25.9 Å². The number of benzene rings is 2. The van der Waals surface area contributed by atoms with Gasteiger partial charge in [-0.1, -0.05) is 30.3 Å². The third kappa shape index (κ3) is 5.73. The van der Waals surface area contributed by atoms with Crippen LogP contribution in [0.5, 0.6) is 0 Å². The molecule has 154 valence electrons. The number of alkyl halides is 3. The highest BCUT2D eigenvalue weighted by Gasteiger charge is 2.30. The van der Waals surface area contributed by atoms with Gasteiger partial charge in [-0.05, 0) is 42.7 Å². The van der Waals surface area contributed by atoms with Crippen molar-refractivity contribution in [1.82, 2.24) is 10.2 Å². The van der Waals surface area contributed by atoms with E-state index in [4.69, 9.17) is 4.74 Å². The van der Waals surface area contributed by atoms with Gasteiger partial charge in [0, 0.05) is 24.7 Å². The van der Waals surface area contributed by atoms with Crippen LogP contribution in [0.4, 0.5) is 18.0 Å². The number of hydrogen-bond donors (Lipinski definition) is 1. The van der Waals surface area contributed by atoms with Gasteiger partial charge >= 0.3 is 12.3 Å². The van der Waals surface area contributed by atoms with Crippen LogP contribution in [-0.2, 0) is 17.5 Å². The lowest BCUT2D eigenvalue weighted by Crippen LogP contribution is -2.46. The van der Waals surface area contributed by atoms with E-state index in [-0.39, 0.29) is 18.2 Å². The van der Waals surface area contributed by atoms with E-state index in [0.717, 1.165) is 29.8 Å². The van der Waals surface area contributed by atoms with Gasteiger partial charge in [-0.3, -0.25) is 4.79 Å². The average molecular weight is 406 g/mol. The van der Waals surface area contributed by atoms with Gasteiger partial charge < -0.3 is 15.0 Å². The van der Waals surface area contributed by atoms with Gasteiger partial charge in [-0.15, -0.1) is 0 Å². The number of hydrogen-bond acceptors (Lipinski definition) is 3. The summed E-state index contributed by atoms with van der Waals surface area (Å²) < 4.78 is 43.1. The van der Waals surface area contributed by atoms with E-state index < -0.39 is 23.7 Å². The normalized spacial score (nSPS) is 15.1. The first-order chi connectivity index (χ1) is 13.8. The minimum Gasteiger partial charge on any atom is -0.445 e. The van der Waals surface area contributed by atoms with Crippen molar-refractivity contribution >= 4 is 12.0 Å². The zero-order valence-electron chi connectivity index (χ0n) is 15.6. The number of nitrogens with one attached hydrogen (secondary N) is 1. The van der Waals surface area contributed by atoms with Gasteiger partial charge in [0.2, 0.25) is 0 Å². The largest absolute Gasteiger partial charge is 0.445 e. The zero-order valence-corrected chi connectivity index (χ0v) is 15.6. The molecule has 3 rings (SSSR count). The molecule has 0 saturated carbocycles. The van der Waals surface area contributed by atoms with E-state index >= 15 is 0 Å². The van der Waals surface area contributed by atoms with E-state index in [1.807, 2.05) is 30.3 Å². The maximum atomic E-state index is 12.6. The van der Waals surface area contributed by atoms with E-state index in [9.17, 15) is 22.8 Å². The molecule has 1 aliphatic heterocycles. The molecular formula is C21H21F3N2O3. The number of likely N-dealkylation sites (tertiary alicyclic amines) is 1. The number of carbonyl (C=O) groups is 2. The van der Waals surface area contributed by atoms with Crippen LogP contribution in [0, 0.1) is 0 Å². The Hall–Kier alpha value is -3.03. The van der Waals surface area contributed by atoms with Gasteiger partial charge in [0.1, 0.15) is 6.61 Å². The van der Waals surface area contributed by atoms with Crippen LogP contribution in [-0.4, -0.2) is 36.0 Å². The first kappa shape index (κ1) is 20.7. The van der Waals surface area contributed by atoms with Gasteiger partial charge in [-0.25, -0.2) is 4.79 Å². The van der Waals surface area contributed by atoms with Crippen molar-refractivity contribution in [2.45, 2.75) is 31.7 Å². The van der Waals surface area contributed by atoms with Crippen molar-refractivity contribution in [1.29, 1.82) is 0 Å². The van der Waals surface area contributed by atoms with Crippen molar-refractivity contribution < 1.29 is 27.5 Å². The molecule has 2 aromatic rings. The Balaban J connectivity index is 1.44. The van der Waals surface area contributed by atoms with Crippen LogP contribution in [0.25, 0.3) is 0 Å². The molecule has 0 aliphatic carbocycles. The minimum atomic E-state index is -4.43. The molecular weight excluding hydrogens is 385 g/mol. The van der Waals surface area contributed by atoms with Crippen molar-refractivity contribution in [2.24, 2.45) is 0 Å². The molecule has 2 amide bonds. The van der Waals surface area contributed by atoms with Crippen LogP contribution in [0.1, 0.15) is 34.3 Å². The molecule has 0 atom stereocenters. The van der Waals surface area contributed by atoms with E-state index in [2.05, 4.69) is 5.32 Å². The predicted molar refractivity (Wildman–Crippen MR) is 100 cm³/mol. The number of ether oxygens (including phenoxy) is 1. The predicted octanol–water partition coefficient (Wildman–Crippen LogP) is 4.24. The molecule has 0 bridgehead atoms. The second-order valence-corrected chi connectivity index (χ2v) is 6.85. The summed E-state index contributed by atoms with van der Waals surface area (Å²) in [5, 5.41) is 2.81. The fraction of sp³-hybridized carbons (Fsp3) is 0.333. The Morgan fingerprint density at radius 3 is 2.21 bits per heavy atom. The summed E-state index contributed by atoms with van der Waals surface area (Å²) in [6.45, 7) is 1.07. The first-order valence-corrected chi connectivity index (χ1v) is 9.26. The lowest BCUT2D eigenvalue weighted by molar-refractivity contribution is -0.137. The third-order valence-electron chi connectivity index (χ3n) is 4.77. The summed E-state index contributed by atoms with van der Waals surface area (Å²) in [7, 11) is 0. The summed E-state index contributed by atoms with van der Waals surface area (Å²) in [6.07, 6.45) is -3.74. The molecule has 8 heteroatoms. The second-order valence-electron chi connectivity index (χ2n) is 6.85. The number of nitrogens with zero attached hydrogens (tertiary/aromatic N) is 1. The lowest BCUT2D eigenvalue weighted by atomic mass is 10.0. The topological polar surface area (TPSA) is 58.6 Å². The average Bonchev–Trinajstić information content (AvgIpc) is 2.73. The smallest absolute Gasteiger partial charge is 0.416 e. The quantitative estimate of drug-likeness (QED) is 0.827. The van der Waals surface area contributed by atoms with E-state index in [1.165, 1.54) is 0 Å². The summed E-state index contributed by atoms with van der Waals surface area (Å²) in [5.41, 5.74) is 0.276. The number of amides is 2. The highest BCUT2D eigenvalue weighted by molar-refractivity contribution is 5.94. The Bertz CT molecular complexity index is 830. The maximum absolute atomic E-state index is 12.6. The van der Waals surface area contributed by atoms with Crippen molar-refractivity contribution in [2.75, 3.05) is 13.1 Å². The highest BCUT2D eigenvalue weighted by Crippen LogP contribution is 2.29. The summed E-state index contributed by atoms with van der Waals surface area (Å²) >= 11 is 0. The Morgan fingerprint density at radius 2 is 1.62 bits per heavy atom. The van der Waals surface area contributed by atoms with Crippen LogP contribution in [0.3, 0.4) is 0 Å². The van der Waals surface area contributed by atoms with Crippen molar-refractivity contribution in [3.05, 3.63) is 71.3 Å². The van der Waals surface area contributed by atoms with E-state index in [1.54, 1.807) is 4.90 Å². The molecule has 0 aromatic heterocycles. The molecule has 0 radical (unpaired) electrons. The van der Waals surface area contributed by atoms with Crippen LogP contribution >= 0.6 is 0 Å². The molecule has 29 heavy (non-hydrogen) atoms. The van der Waals surface area contributed by atoms with Crippen molar-refractivity contribution in [3.63, 3.8) is 0 Å². The number of piperidine rings is 1. The van der Waals surface area contributed by atoms with Crippen LogP contribution < -0.4 is 5.32 Å². The Kier molecular flexibility index (Phi) is 6.41. The molecule has 1 fully saturated rings. The molecule has 5 nitrogen and oxygen atoms in total.